The van der Waals surface area contributed by atoms with E-state index in [1.54, 1.807) is 0 Å². The fourth-order valence-corrected chi connectivity index (χ4v) is 3.29. The molecule has 0 heterocycles. The van der Waals surface area contributed by atoms with E-state index in [0.717, 1.165) is 23.4 Å². The molecule has 0 aliphatic heterocycles. The van der Waals surface area contributed by atoms with Gasteiger partial charge in [-0.1, -0.05) is 43.0 Å². The van der Waals surface area contributed by atoms with Crippen LogP contribution >= 0.6 is 11.6 Å². The van der Waals surface area contributed by atoms with Crippen LogP contribution in [-0.4, -0.2) is 12.2 Å². The molecular weight excluding hydrogens is 260 g/mol. The Morgan fingerprint density at radius 1 is 1.26 bits per heavy atom. The van der Waals surface area contributed by atoms with Crippen molar-refractivity contribution in [3.63, 3.8) is 0 Å². The molecule has 1 aromatic rings. The molecule has 3 N–H and O–H groups in total. The molecule has 1 aliphatic carbocycles. The Hall–Kier alpha value is -0.610. The smallest absolute Gasteiger partial charge is 0.0889 e. The van der Waals surface area contributed by atoms with Crippen molar-refractivity contribution in [3.05, 3.63) is 34.9 Å². The molecule has 1 unspecified atom stereocenters. The van der Waals surface area contributed by atoms with E-state index < -0.39 is 0 Å². The molecule has 1 aromatic carbocycles. The van der Waals surface area contributed by atoms with Crippen LogP contribution < -0.4 is 11.3 Å². The quantitative estimate of drug-likeness (QED) is 0.641. The van der Waals surface area contributed by atoms with Crippen LogP contribution in [0.2, 0.25) is 5.02 Å². The SMILES string of the molecule is CCOC1(C(NN)c2ccc(Cl)cc2)CCCCC1. The van der Waals surface area contributed by atoms with Crippen LogP contribution in [0, 0.1) is 0 Å². The highest BCUT2D eigenvalue weighted by Gasteiger charge is 2.41. The van der Waals surface area contributed by atoms with E-state index in [4.69, 9.17) is 22.2 Å². The predicted molar refractivity (Wildman–Crippen MR) is 79.0 cm³/mol. The van der Waals surface area contributed by atoms with Gasteiger partial charge in [0.2, 0.25) is 0 Å². The number of hydrazine groups is 1. The topological polar surface area (TPSA) is 47.3 Å². The van der Waals surface area contributed by atoms with Gasteiger partial charge < -0.3 is 4.74 Å². The summed E-state index contributed by atoms with van der Waals surface area (Å²) in [5, 5.41) is 0.744. The van der Waals surface area contributed by atoms with Gasteiger partial charge in [0.25, 0.3) is 0 Å². The van der Waals surface area contributed by atoms with Crippen LogP contribution in [0.1, 0.15) is 50.6 Å². The summed E-state index contributed by atoms with van der Waals surface area (Å²) in [5.74, 6) is 5.83. The van der Waals surface area contributed by atoms with Crippen LogP contribution in [0.3, 0.4) is 0 Å². The number of ether oxygens (including phenoxy) is 1. The first kappa shape index (κ1) is 14.8. The average Bonchev–Trinajstić information content (AvgIpc) is 2.43. The molecule has 0 amide bonds. The molecule has 0 saturated heterocycles. The van der Waals surface area contributed by atoms with Crippen molar-refractivity contribution in [3.8, 4) is 0 Å². The third-order valence-corrected chi connectivity index (χ3v) is 4.28. The summed E-state index contributed by atoms with van der Waals surface area (Å²) in [4.78, 5) is 0. The molecule has 0 radical (unpaired) electrons. The van der Waals surface area contributed by atoms with E-state index in [-0.39, 0.29) is 11.6 Å². The van der Waals surface area contributed by atoms with Crippen LogP contribution in [0.15, 0.2) is 24.3 Å². The van der Waals surface area contributed by atoms with E-state index >= 15 is 0 Å². The molecule has 1 saturated carbocycles. The van der Waals surface area contributed by atoms with Crippen LogP contribution in [0.4, 0.5) is 0 Å². The Labute approximate surface area is 120 Å². The van der Waals surface area contributed by atoms with Crippen molar-refractivity contribution < 1.29 is 4.74 Å². The van der Waals surface area contributed by atoms with Gasteiger partial charge in [0.15, 0.2) is 0 Å². The minimum atomic E-state index is -0.185. The Morgan fingerprint density at radius 3 is 2.42 bits per heavy atom. The summed E-state index contributed by atoms with van der Waals surface area (Å²) in [6.07, 6.45) is 5.79. The maximum atomic E-state index is 6.13. The summed E-state index contributed by atoms with van der Waals surface area (Å²) < 4.78 is 6.13. The Bertz CT molecular complexity index is 382. The van der Waals surface area contributed by atoms with E-state index in [1.807, 2.05) is 31.2 Å². The molecule has 1 fully saturated rings. The molecule has 0 aromatic heterocycles. The van der Waals surface area contributed by atoms with E-state index in [2.05, 4.69) is 5.43 Å². The van der Waals surface area contributed by atoms with Crippen LogP contribution in [0.5, 0.6) is 0 Å². The van der Waals surface area contributed by atoms with Gasteiger partial charge in [-0.2, -0.15) is 0 Å². The second kappa shape index (κ2) is 6.71. The Kier molecular flexibility index (Phi) is 5.22. The number of rotatable bonds is 5. The zero-order chi connectivity index (χ0) is 13.7. The first-order valence-corrected chi connectivity index (χ1v) is 7.45. The lowest BCUT2D eigenvalue weighted by atomic mass is 9.77. The highest BCUT2D eigenvalue weighted by Crippen LogP contribution is 2.41. The lowest BCUT2D eigenvalue weighted by molar-refractivity contribution is -0.0913. The van der Waals surface area contributed by atoms with Crippen molar-refractivity contribution >= 4 is 11.6 Å². The first-order valence-electron chi connectivity index (χ1n) is 7.07. The Morgan fingerprint density at radius 2 is 1.89 bits per heavy atom. The monoisotopic (exact) mass is 282 g/mol. The average molecular weight is 283 g/mol. The third kappa shape index (κ3) is 3.29. The van der Waals surface area contributed by atoms with Crippen molar-refractivity contribution in [2.24, 2.45) is 5.84 Å². The van der Waals surface area contributed by atoms with Gasteiger partial charge in [-0.05, 0) is 37.5 Å². The first-order chi connectivity index (χ1) is 9.22. The summed E-state index contributed by atoms with van der Waals surface area (Å²) in [5.41, 5.74) is 3.92. The maximum absolute atomic E-state index is 6.13. The Balaban J connectivity index is 2.28. The summed E-state index contributed by atoms with van der Waals surface area (Å²) in [7, 11) is 0. The van der Waals surface area contributed by atoms with E-state index in [0.29, 0.717) is 6.61 Å². The lowest BCUT2D eigenvalue weighted by Crippen LogP contribution is -2.49. The molecule has 0 spiro atoms. The largest absolute Gasteiger partial charge is 0.373 e. The van der Waals surface area contributed by atoms with Crippen LogP contribution in [-0.2, 0) is 4.74 Å². The fraction of sp³-hybridized carbons (Fsp3) is 0.600. The molecule has 19 heavy (non-hydrogen) atoms. The highest BCUT2D eigenvalue weighted by atomic mass is 35.5. The number of halogens is 1. The molecule has 0 bridgehead atoms. The lowest BCUT2D eigenvalue weighted by Gasteiger charge is -2.43. The van der Waals surface area contributed by atoms with Gasteiger partial charge in [-0.15, -0.1) is 0 Å². The molecule has 2 rings (SSSR count). The van der Waals surface area contributed by atoms with Crippen LogP contribution in [0.25, 0.3) is 0 Å². The zero-order valence-electron chi connectivity index (χ0n) is 11.5. The van der Waals surface area contributed by atoms with Gasteiger partial charge in [0.05, 0.1) is 11.6 Å². The van der Waals surface area contributed by atoms with Crippen molar-refractivity contribution in [2.75, 3.05) is 6.61 Å². The molecule has 3 nitrogen and oxygen atoms in total. The van der Waals surface area contributed by atoms with Crippen molar-refractivity contribution in [2.45, 2.75) is 50.7 Å². The molecule has 106 valence electrons. The molecule has 4 heteroatoms. The highest BCUT2D eigenvalue weighted by molar-refractivity contribution is 6.30. The molecule has 1 atom stereocenters. The standard InChI is InChI=1S/C15H23ClN2O/c1-2-19-15(10-4-3-5-11-15)14(18-17)12-6-8-13(16)9-7-12/h6-9,14,18H,2-5,10-11,17H2,1H3. The van der Waals surface area contributed by atoms with Crippen molar-refractivity contribution in [1.29, 1.82) is 0 Å². The third-order valence-electron chi connectivity index (χ3n) is 4.03. The van der Waals surface area contributed by atoms with Gasteiger partial charge >= 0.3 is 0 Å². The number of nitrogens with one attached hydrogen (secondary N) is 1. The maximum Gasteiger partial charge on any atom is 0.0889 e. The second-order valence-corrected chi connectivity index (χ2v) is 5.65. The van der Waals surface area contributed by atoms with Gasteiger partial charge in [-0.3, -0.25) is 11.3 Å². The number of nitrogens with two attached hydrogens (primary N) is 1. The van der Waals surface area contributed by atoms with Crippen molar-refractivity contribution in [1.82, 2.24) is 5.43 Å². The van der Waals surface area contributed by atoms with E-state index in [9.17, 15) is 0 Å². The minimum absolute atomic E-state index is 0.0185. The second-order valence-electron chi connectivity index (χ2n) is 5.21. The predicted octanol–water partition coefficient (Wildman–Crippen LogP) is 3.58. The minimum Gasteiger partial charge on any atom is -0.373 e. The van der Waals surface area contributed by atoms with Gasteiger partial charge in [-0.25, -0.2) is 0 Å². The zero-order valence-corrected chi connectivity index (χ0v) is 12.2. The summed E-state index contributed by atoms with van der Waals surface area (Å²) in [6.45, 7) is 2.76. The number of benzene rings is 1. The van der Waals surface area contributed by atoms with Gasteiger partial charge in [0.1, 0.15) is 0 Å². The number of hydrogen-bond acceptors (Lipinski definition) is 3. The van der Waals surface area contributed by atoms with E-state index in [1.165, 1.54) is 19.3 Å². The van der Waals surface area contributed by atoms with Gasteiger partial charge in [0, 0.05) is 11.6 Å². The number of hydrogen-bond donors (Lipinski definition) is 2. The summed E-state index contributed by atoms with van der Waals surface area (Å²) >= 11 is 5.96. The fourth-order valence-electron chi connectivity index (χ4n) is 3.16. The summed E-state index contributed by atoms with van der Waals surface area (Å²) in [6, 6.07) is 7.89. The molecule has 1 aliphatic rings. The molecular formula is C15H23ClN2O. The normalized spacial score (nSPS) is 20.2.